The molecule has 0 saturated heterocycles. The number of amides is 1. The van der Waals surface area contributed by atoms with E-state index < -0.39 is 0 Å². The number of hydrogen-bond donors (Lipinski definition) is 0. The van der Waals surface area contributed by atoms with Crippen molar-refractivity contribution in [1.29, 1.82) is 0 Å². The first-order valence-electron chi connectivity index (χ1n) is 5.40. The Morgan fingerprint density at radius 3 is 2.69 bits per heavy atom. The number of aromatic nitrogens is 1. The zero-order valence-electron chi connectivity index (χ0n) is 10.0. The third kappa shape index (κ3) is 3.53. The number of carbonyl (C=O) groups excluding carboxylic acids is 1. The molecule has 0 fully saturated rings. The quantitative estimate of drug-likeness (QED) is 0.761. The standard InChI is InChI=1S/C12H18N2O2/c1-10(2)8-13(3)12(16)9-14-7-5-4-6-11(14)15/h4-7,10H,8-9H2,1-3H3. The fraction of sp³-hybridized carbons (Fsp3) is 0.500. The van der Waals surface area contributed by atoms with Crippen molar-refractivity contribution in [3.8, 4) is 0 Å². The molecule has 1 heterocycles. The Hall–Kier alpha value is -1.58. The normalized spacial score (nSPS) is 10.5. The van der Waals surface area contributed by atoms with E-state index in [0.717, 1.165) is 0 Å². The van der Waals surface area contributed by atoms with Crippen molar-refractivity contribution in [1.82, 2.24) is 9.47 Å². The van der Waals surface area contributed by atoms with Crippen LogP contribution in [0.1, 0.15) is 13.8 Å². The molecule has 1 amide bonds. The van der Waals surface area contributed by atoms with E-state index in [0.29, 0.717) is 12.5 Å². The molecule has 0 atom stereocenters. The van der Waals surface area contributed by atoms with Crippen LogP contribution in [0, 0.1) is 5.92 Å². The van der Waals surface area contributed by atoms with E-state index in [1.807, 2.05) is 0 Å². The smallest absolute Gasteiger partial charge is 0.250 e. The monoisotopic (exact) mass is 222 g/mol. The first-order valence-corrected chi connectivity index (χ1v) is 5.40. The lowest BCUT2D eigenvalue weighted by Crippen LogP contribution is -2.35. The molecule has 0 aliphatic heterocycles. The molecule has 0 aromatic carbocycles. The maximum atomic E-state index is 11.8. The van der Waals surface area contributed by atoms with Gasteiger partial charge in [-0.15, -0.1) is 0 Å². The van der Waals surface area contributed by atoms with Gasteiger partial charge in [0.15, 0.2) is 0 Å². The number of nitrogens with zero attached hydrogens (tertiary/aromatic N) is 2. The molecular formula is C12H18N2O2. The number of likely N-dealkylation sites (N-methyl/N-ethyl adjacent to an activating group) is 1. The summed E-state index contributed by atoms with van der Waals surface area (Å²) in [5, 5.41) is 0. The Labute approximate surface area is 95.5 Å². The summed E-state index contributed by atoms with van der Waals surface area (Å²) in [6.45, 7) is 4.93. The number of pyridine rings is 1. The van der Waals surface area contributed by atoms with Crippen molar-refractivity contribution < 1.29 is 4.79 Å². The topological polar surface area (TPSA) is 42.3 Å². The zero-order chi connectivity index (χ0) is 12.1. The SMILES string of the molecule is CC(C)CN(C)C(=O)Cn1ccccc1=O. The van der Waals surface area contributed by atoms with E-state index in [9.17, 15) is 9.59 Å². The highest BCUT2D eigenvalue weighted by atomic mass is 16.2. The molecule has 1 aromatic heterocycles. The molecule has 0 aliphatic rings. The van der Waals surface area contributed by atoms with Crippen molar-refractivity contribution in [2.75, 3.05) is 13.6 Å². The predicted molar refractivity (Wildman–Crippen MR) is 63.2 cm³/mol. The average molecular weight is 222 g/mol. The Bertz CT molecular complexity index is 409. The van der Waals surface area contributed by atoms with Gasteiger partial charge in [-0.1, -0.05) is 19.9 Å². The van der Waals surface area contributed by atoms with Crippen LogP contribution >= 0.6 is 0 Å². The predicted octanol–water partition coefficient (Wildman–Crippen LogP) is 0.963. The molecular weight excluding hydrogens is 204 g/mol. The summed E-state index contributed by atoms with van der Waals surface area (Å²) in [5.41, 5.74) is -0.145. The van der Waals surface area contributed by atoms with Crippen molar-refractivity contribution in [2.24, 2.45) is 5.92 Å². The van der Waals surface area contributed by atoms with Crippen LogP contribution in [0.4, 0.5) is 0 Å². The van der Waals surface area contributed by atoms with E-state index in [2.05, 4.69) is 13.8 Å². The number of rotatable bonds is 4. The molecule has 1 aromatic rings. The van der Waals surface area contributed by atoms with Crippen molar-refractivity contribution in [3.05, 3.63) is 34.7 Å². The fourth-order valence-electron chi connectivity index (χ4n) is 1.51. The van der Waals surface area contributed by atoms with Gasteiger partial charge in [-0.3, -0.25) is 9.59 Å². The van der Waals surface area contributed by atoms with E-state index in [4.69, 9.17) is 0 Å². The molecule has 16 heavy (non-hydrogen) atoms. The first kappa shape index (κ1) is 12.5. The zero-order valence-corrected chi connectivity index (χ0v) is 10.0. The summed E-state index contributed by atoms with van der Waals surface area (Å²) in [6, 6.07) is 4.87. The van der Waals surface area contributed by atoms with Crippen LogP contribution in [0.5, 0.6) is 0 Å². The van der Waals surface area contributed by atoms with Gasteiger partial charge in [0.1, 0.15) is 6.54 Å². The van der Waals surface area contributed by atoms with Gasteiger partial charge in [-0.05, 0) is 12.0 Å². The van der Waals surface area contributed by atoms with Crippen LogP contribution in [0.2, 0.25) is 0 Å². The lowest BCUT2D eigenvalue weighted by Gasteiger charge is -2.19. The summed E-state index contributed by atoms with van der Waals surface area (Å²) >= 11 is 0. The molecule has 4 heteroatoms. The van der Waals surface area contributed by atoms with E-state index >= 15 is 0 Å². The maximum Gasteiger partial charge on any atom is 0.250 e. The highest BCUT2D eigenvalue weighted by Gasteiger charge is 2.10. The van der Waals surface area contributed by atoms with Crippen LogP contribution in [0.3, 0.4) is 0 Å². The molecule has 0 N–H and O–H groups in total. The number of carbonyl (C=O) groups is 1. The minimum absolute atomic E-state index is 0.0398. The third-order valence-corrected chi connectivity index (χ3v) is 2.27. The Balaban J connectivity index is 2.65. The summed E-state index contributed by atoms with van der Waals surface area (Å²) in [6.07, 6.45) is 1.63. The molecule has 0 radical (unpaired) electrons. The summed E-state index contributed by atoms with van der Waals surface area (Å²) < 4.78 is 1.42. The summed E-state index contributed by atoms with van der Waals surface area (Å²) in [7, 11) is 1.76. The lowest BCUT2D eigenvalue weighted by molar-refractivity contribution is -0.131. The van der Waals surface area contributed by atoms with Gasteiger partial charge in [0, 0.05) is 25.9 Å². The van der Waals surface area contributed by atoms with Gasteiger partial charge in [0.25, 0.3) is 5.56 Å². The van der Waals surface area contributed by atoms with Gasteiger partial charge < -0.3 is 9.47 Å². The maximum absolute atomic E-state index is 11.8. The van der Waals surface area contributed by atoms with Gasteiger partial charge in [-0.25, -0.2) is 0 Å². The molecule has 1 rings (SSSR count). The molecule has 0 aliphatic carbocycles. The second-order valence-electron chi connectivity index (χ2n) is 4.33. The van der Waals surface area contributed by atoms with Crippen molar-refractivity contribution >= 4 is 5.91 Å². The second-order valence-corrected chi connectivity index (χ2v) is 4.33. The minimum atomic E-state index is -0.145. The lowest BCUT2D eigenvalue weighted by atomic mass is 10.2. The van der Waals surface area contributed by atoms with Gasteiger partial charge in [0.2, 0.25) is 5.91 Å². The summed E-state index contributed by atoms with van der Waals surface area (Å²) in [4.78, 5) is 24.8. The first-order chi connectivity index (χ1) is 7.50. The molecule has 0 spiro atoms. The van der Waals surface area contributed by atoms with Crippen LogP contribution in [0.15, 0.2) is 29.2 Å². The molecule has 4 nitrogen and oxygen atoms in total. The summed E-state index contributed by atoms with van der Waals surface area (Å²) in [5.74, 6) is 0.392. The van der Waals surface area contributed by atoms with Crippen LogP contribution < -0.4 is 5.56 Å². The van der Waals surface area contributed by atoms with E-state index in [-0.39, 0.29) is 18.0 Å². The average Bonchev–Trinajstić information content (AvgIpc) is 2.20. The molecule has 0 bridgehead atoms. The third-order valence-electron chi connectivity index (χ3n) is 2.27. The Kier molecular flexibility index (Phi) is 4.28. The highest BCUT2D eigenvalue weighted by Crippen LogP contribution is 1.97. The minimum Gasteiger partial charge on any atom is -0.344 e. The molecule has 0 unspecified atom stereocenters. The Morgan fingerprint density at radius 1 is 1.44 bits per heavy atom. The van der Waals surface area contributed by atoms with Crippen LogP contribution in [0.25, 0.3) is 0 Å². The molecule has 88 valence electrons. The van der Waals surface area contributed by atoms with E-state index in [1.54, 1.807) is 30.3 Å². The van der Waals surface area contributed by atoms with Gasteiger partial charge in [0.05, 0.1) is 0 Å². The Morgan fingerprint density at radius 2 is 2.12 bits per heavy atom. The van der Waals surface area contributed by atoms with Crippen molar-refractivity contribution in [2.45, 2.75) is 20.4 Å². The fourth-order valence-corrected chi connectivity index (χ4v) is 1.51. The van der Waals surface area contributed by atoms with Gasteiger partial charge in [-0.2, -0.15) is 0 Å². The van der Waals surface area contributed by atoms with Crippen molar-refractivity contribution in [3.63, 3.8) is 0 Å². The van der Waals surface area contributed by atoms with E-state index in [1.165, 1.54) is 10.6 Å². The number of hydrogen-bond acceptors (Lipinski definition) is 2. The molecule has 0 saturated carbocycles. The highest BCUT2D eigenvalue weighted by molar-refractivity contribution is 5.75. The van der Waals surface area contributed by atoms with Crippen LogP contribution in [-0.4, -0.2) is 29.0 Å². The second kappa shape index (κ2) is 5.49. The van der Waals surface area contributed by atoms with Crippen LogP contribution in [-0.2, 0) is 11.3 Å². The van der Waals surface area contributed by atoms with Gasteiger partial charge >= 0.3 is 0 Å². The largest absolute Gasteiger partial charge is 0.344 e.